The monoisotopic (exact) mass is 525 g/mol. The minimum Gasteiger partial charge on any atom is -0.378 e. The van der Waals surface area contributed by atoms with Crippen LogP contribution in [0.2, 0.25) is 0 Å². The topological polar surface area (TPSA) is 140 Å². The molecular weight excluding hydrogens is 497 g/mol. The SMILES string of the molecule is CS(=O)(=O)c1ccc(NCCN=C(N)NC2CCCCCC2)c([N+](=O)[O-])c1.I. The maximum atomic E-state index is 11.6. The molecule has 0 amide bonds. The second kappa shape index (κ2) is 11.4. The van der Waals surface area contributed by atoms with E-state index < -0.39 is 14.8 Å². The highest BCUT2D eigenvalue weighted by atomic mass is 127. The van der Waals surface area contributed by atoms with Gasteiger partial charge in [0.15, 0.2) is 15.8 Å². The lowest BCUT2D eigenvalue weighted by Crippen LogP contribution is -2.40. The zero-order chi connectivity index (χ0) is 19.9. The van der Waals surface area contributed by atoms with Crippen LogP contribution in [0, 0.1) is 10.1 Å². The Morgan fingerprint density at radius 2 is 1.93 bits per heavy atom. The fourth-order valence-electron chi connectivity index (χ4n) is 3.09. The van der Waals surface area contributed by atoms with Crippen LogP contribution < -0.4 is 16.4 Å². The van der Waals surface area contributed by atoms with E-state index in [2.05, 4.69) is 15.6 Å². The molecule has 1 fully saturated rings. The molecule has 0 radical (unpaired) electrons. The van der Waals surface area contributed by atoms with Gasteiger partial charge in [-0.15, -0.1) is 24.0 Å². The van der Waals surface area contributed by atoms with Gasteiger partial charge in [-0.1, -0.05) is 25.7 Å². The molecule has 11 heteroatoms. The van der Waals surface area contributed by atoms with Crippen molar-refractivity contribution >= 4 is 51.1 Å². The zero-order valence-electron chi connectivity index (χ0n) is 15.9. The van der Waals surface area contributed by atoms with Crippen LogP contribution in [0.15, 0.2) is 28.1 Å². The Hall–Kier alpha value is -1.63. The summed E-state index contributed by atoms with van der Waals surface area (Å²) in [5.41, 5.74) is 5.88. The van der Waals surface area contributed by atoms with Gasteiger partial charge in [-0.05, 0) is 25.0 Å². The standard InChI is InChI=1S/C17H27N5O4S.HI/c1-27(25,26)14-8-9-15(16(12-14)22(23)24)19-10-11-20-17(18)21-13-6-4-2-3-5-7-13;/h8-9,12-13,19H,2-7,10-11H2,1H3,(H3,18,20,21);1H. The van der Waals surface area contributed by atoms with Gasteiger partial charge in [0.25, 0.3) is 5.69 Å². The summed E-state index contributed by atoms with van der Waals surface area (Å²) in [4.78, 5) is 14.8. The van der Waals surface area contributed by atoms with Crippen molar-refractivity contribution < 1.29 is 13.3 Å². The summed E-state index contributed by atoms with van der Waals surface area (Å²) < 4.78 is 23.1. The summed E-state index contributed by atoms with van der Waals surface area (Å²) in [6.45, 7) is 0.683. The van der Waals surface area contributed by atoms with E-state index >= 15 is 0 Å². The van der Waals surface area contributed by atoms with Gasteiger partial charge in [0.05, 0.1) is 16.4 Å². The van der Waals surface area contributed by atoms with Gasteiger partial charge in [0.2, 0.25) is 0 Å². The number of guanidine groups is 1. The first kappa shape index (κ1) is 24.4. The van der Waals surface area contributed by atoms with Gasteiger partial charge in [0.1, 0.15) is 5.69 Å². The van der Waals surface area contributed by atoms with Crippen molar-refractivity contribution in [1.29, 1.82) is 0 Å². The van der Waals surface area contributed by atoms with E-state index in [1.165, 1.54) is 37.8 Å². The van der Waals surface area contributed by atoms with E-state index in [0.29, 0.717) is 25.1 Å². The predicted molar refractivity (Wildman–Crippen MR) is 121 cm³/mol. The van der Waals surface area contributed by atoms with Crippen molar-refractivity contribution in [3.63, 3.8) is 0 Å². The molecule has 0 unspecified atom stereocenters. The predicted octanol–water partition coefficient (Wildman–Crippen LogP) is 2.66. The zero-order valence-corrected chi connectivity index (χ0v) is 19.0. The summed E-state index contributed by atoms with van der Waals surface area (Å²) >= 11 is 0. The normalized spacial score (nSPS) is 16.0. The van der Waals surface area contributed by atoms with Crippen LogP contribution in [0.1, 0.15) is 38.5 Å². The second-order valence-electron chi connectivity index (χ2n) is 6.73. The highest BCUT2D eigenvalue weighted by Gasteiger charge is 2.18. The minimum atomic E-state index is -3.51. The molecule has 1 aliphatic carbocycles. The smallest absolute Gasteiger partial charge is 0.293 e. The molecule has 0 heterocycles. The van der Waals surface area contributed by atoms with Crippen LogP contribution in [0.3, 0.4) is 0 Å². The first-order valence-electron chi connectivity index (χ1n) is 9.06. The quantitative estimate of drug-likeness (QED) is 0.0946. The summed E-state index contributed by atoms with van der Waals surface area (Å²) in [5.74, 6) is 0.380. The molecule has 1 aromatic carbocycles. The molecule has 1 aromatic rings. The van der Waals surface area contributed by atoms with Gasteiger partial charge in [-0.25, -0.2) is 8.42 Å². The Kier molecular flexibility index (Phi) is 9.93. The first-order chi connectivity index (χ1) is 12.8. The minimum absolute atomic E-state index is 0. The van der Waals surface area contributed by atoms with Crippen LogP contribution in [0.25, 0.3) is 0 Å². The lowest BCUT2D eigenvalue weighted by Gasteiger charge is -2.16. The largest absolute Gasteiger partial charge is 0.378 e. The Bertz CT molecular complexity index is 793. The molecule has 0 aromatic heterocycles. The molecule has 0 spiro atoms. The van der Waals surface area contributed by atoms with Gasteiger partial charge in [-0.3, -0.25) is 15.1 Å². The lowest BCUT2D eigenvalue weighted by molar-refractivity contribution is -0.384. The molecule has 0 atom stereocenters. The van der Waals surface area contributed by atoms with Crippen LogP contribution in [0.5, 0.6) is 0 Å². The van der Waals surface area contributed by atoms with E-state index in [9.17, 15) is 18.5 Å². The third kappa shape index (κ3) is 7.78. The van der Waals surface area contributed by atoms with Gasteiger partial charge in [0, 0.05) is 24.9 Å². The highest BCUT2D eigenvalue weighted by molar-refractivity contribution is 14.0. The van der Waals surface area contributed by atoms with Crippen molar-refractivity contribution in [2.75, 3.05) is 24.7 Å². The van der Waals surface area contributed by atoms with E-state index in [4.69, 9.17) is 5.73 Å². The number of benzene rings is 1. The Morgan fingerprint density at radius 1 is 1.29 bits per heavy atom. The number of nitrogens with zero attached hydrogens (tertiary/aromatic N) is 2. The third-order valence-corrected chi connectivity index (χ3v) is 5.62. The van der Waals surface area contributed by atoms with Crippen molar-refractivity contribution in [2.24, 2.45) is 10.7 Å². The molecule has 2 rings (SSSR count). The first-order valence-corrected chi connectivity index (χ1v) is 11.0. The number of anilines is 1. The van der Waals surface area contributed by atoms with E-state index in [1.807, 2.05) is 0 Å². The maximum Gasteiger partial charge on any atom is 0.293 e. The number of hydrogen-bond donors (Lipinski definition) is 3. The molecule has 0 aliphatic heterocycles. The average Bonchev–Trinajstić information content (AvgIpc) is 2.86. The van der Waals surface area contributed by atoms with Crippen LogP contribution >= 0.6 is 24.0 Å². The van der Waals surface area contributed by atoms with Crippen LogP contribution in [-0.2, 0) is 9.84 Å². The molecule has 28 heavy (non-hydrogen) atoms. The molecule has 158 valence electrons. The number of hydrogen-bond acceptors (Lipinski definition) is 6. The van der Waals surface area contributed by atoms with Crippen molar-refractivity contribution in [3.05, 3.63) is 28.3 Å². The van der Waals surface area contributed by atoms with Crippen molar-refractivity contribution in [2.45, 2.75) is 49.5 Å². The molecule has 9 nitrogen and oxygen atoms in total. The van der Waals surface area contributed by atoms with Crippen molar-refractivity contribution in [1.82, 2.24) is 5.32 Å². The number of nitrogens with one attached hydrogen (secondary N) is 2. The number of halogens is 1. The average molecular weight is 525 g/mol. The van der Waals surface area contributed by atoms with E-state index in [0.717, 1.165) is 25.2 Å². The third-order valence-electron chi connectivity index (χ3n) is 4.51. The van der Waals surface area contributed by atoms with E-state index in [-0.39, 0.29) is 40.2 Å². The summed E-state index contributed by atoms with van der Waals surface area (Å²) in [5, 5.41) is 17.4. The number of nitrogens with two attached hydrogens (primary N) is 1. The van der Waals surface area contributed by atoms with Crippen LogP contribution in [-0.4, -0.2) is 44.7 Å². The lowest BCUT2D eigenvalue weighted by atomic mass is 10.1. The summed E-state index contributed by atoms with van der Waals surface area (Å²) in [6.07, 6.45) is 8.10. The number of nitro groups is 1. The Balaban J connectivity index is 0.00000392. The van der Waals surface area contributed by atoms with Gasteiger partial charge in [-0.2, -0.15) is 0 Å². The number of rotatable bonds is 7. The van der Waals surface area contributed by atoms with Gasteiger partial charge >= 0.3 is 0 Å². The van der Waals surface area contributed by atoms with Crippen LogP contribution in [0.4, 0.5) is 11.4 Å². The molecule has 1 aliphatic rings. The molecule has 0 saturated heterocycles. The summed E-state index contributed by atoms with van der Waals surface area (Å²) in [6, 6.07) is 4.15. The molecule has 4 N–H and O–H groups in total. The molecule has 0 bridgehead atoms. The fourth-order valence-corrected chi connectivity index (χ4v) is 3.73. The maximum absolute atomic E-state index is 11.6. The van der Waals surface area contributed by atoms with E-state index in [1.54, 1.807) is 0 Å². The van der Waals surface area contributed by atoms with Crippen molar-refractivity contribution in [3.8, 4) is 0 Å². The second-order valence-corrected chi connectivity index (χ2v) is 8.75. The fraction of sp³-hybridized carbons (Fsp3) is 0.588. The highest BCUT2D eigenvalue weighted by Crippen LogP contribution is 2.27. The summed E-state index contributed by atoms with van der Waals surface area (Å²) in [7, 11) is -3.51. The number of sulfone groups is 1. The molecular formula is C17H28IN5O4S. The van der Waals surface area contributed by atoms with Gasteiger partial charge < -0.3 is 16.4 Å². The Morgan fingerprint density at radius 3 is 2.50 bits per heavy atom. The number of nitro benzene ring substituents is 1. The molecule has 1 saturated carbocycles. The Labute approximate surface area is 182 Å². The number of aliphatic imine (C=N–C) groups is 1.